The summed E-state index contributed by atoms with van der Waals surface area (Å²) in [6.45, 7) is 4.26. The second kappa shape index (κ2) is 4.89. The topological polar surface area (TPSA) is 55.4 Å². The Hall–Kier alpha value is -2.49. The molecular formula is C16H15NO3. The van der Waals surface area contributed by atoms with Crippen LogP contribution in [0.3, 0.4) is 0 Å². The quantitative estimate of drug-likeness (QED) is 0.790. The summed E-state index contributed by atoms with van der Waals surface area (Å²) in [7, 11) is 0. The first-order valence-corrected chi connectivity index (χ1v) is 6.45. The van der Waals surface area contributed by atoms with Crippen molar-refractivity contribution in [3.8, 4) is 0 Å². The van der Waals surface area contributed by atoms with Crippen LogP contribution >= 0.6 is 0 Å². The lowest BCUT2D eigenvalue weighted by atomic mass is 10.1. The Morgan fingerprint density at radius 3 is 2.85 bits per heavy atom. The summed E-state index contributed by atoms with van der Waals surface area (Å²) in [5.41, 5.74) is 2.74. The number of furan rings is 2. The number of rotatable bonds is 3. The molecule has 0 radical (unpaired) electrons. The van der Waals surface area contributed by atoms with Gasteiger partial charge in [0.15, 0.2) is 5.76 Å². The van der Waals surface area contributed by atoms with Crippen molar-refractivity contribution in [3.05, 3.63) is 59.2 Å². The molecule has 3 aromatic rings. The van der Waals surface area contributed by atoms with Crippen molar-refractivity contribution in [1.82, 2.24) is 5.32 Å². The number of benzene rings is 1. The van der Waals surface area contributed by atoms with Gasteiger partial charge in [0, 0.05) is 10.9 Å². The van der Waals surface area contributed by atoms with E-state index in [4.69, 9.17) is 8.83 Å². The summed E-state index contributed by atoms with van der Waals surface area (Å²) in [5.74, 6) is 0.841. The molecule has 0 fully saturated rings. The van der Waals surface area contributed by atoms with Gasteiger partial charge in [-0.3, -0.25) is 4.79 Å². The van der Waals surface area contributed by atoms with E-state index >= 15 is 0 Å². The fraction of sp³-hybridized carbons (Fsp3) is 0.188. The normalized spacial score (nSPS) is 10.9. The third-order valence-electron chi connectivity index (χ3n) is 3.30. The Balaban J connectivity index is 1.86. The van der Waals surface area contributed by atoms with E-state index in [1.807, 2.05) is 38.1 Å². The third-order valence-corrected chi connectivity index (χ3v) is 3.30. The first-order chi connectivity index (χ1) is 9.65. The molecule has 0 aliphatic heterocycles. The molecule has 4 nitrogen and oxygen atoms in total. The maximum absolute atomic E-state index is 12.2. The minimum absolute atomic E-state index is 0.229. The Morgan fingerprint density at radius 1 is 1.25 bits per heavy atom. The summed E-state index contributed by atoms with van der Waals surface area (Å²) >= 11 is 0. The monoisotopic (exact) mass is 269 g/mol. The minimum atomic E-state index is -0.229. The van der Waals surface area contributed by atoms with Crippen LogP contribution in [0.1, 0.15) is 27.4 Å². The summed E-state index contributed by atoms with van der Waals surface area (Å²) in [6, 6.07) is 9.49. The first-order valence-electron chi connectivity index (χ1n) is 6.45. The van der Waals surface area contributed by atoms with E-state index in [1.54, 1.807) is 12.3 Å². The maximum atomic E-state index is 12.2. The zero-order chi connectivity index (χ0) is 14.1. The largest absolute Gasteiger partial charge is 0.467 e. The summed E-state index contributed by atoms with van der Waals surface area (Å²) in [6.07, 6.45) is 1.58. The molecule has 2 heterocycles. The zero-order valence-electron chi connectivity index (χ0n) is 11.4. The average Bonchev–Trinajstić information content (AvgIpc) is 3.05. The van der Waals surface area contributed by atoms with E-state index in [2.05, 4.69) is 5.32 Å². The Labute approximate surface area is 116 Å². The maximum Gasteiger partial charge on any atom is 0.287 e. The smallest absolute Gasteiger partial charge is 0.287 e. The summed E-state index contributed by atoms with van der Waals surface area (Å²) < 4.78 is 10.8. The van der Waals surface area contributed by atoms with Gasteiger partial charge in [-0.1, -0.05) is 11.6 Å². The molecule has 3 rings (SSSR count). The van der Waals surface area contributed by atoms with E-state index < -0.39 is 0 Å². The van der Waals surface area contributed by atoms with Gasteiger partial charge in [-0.05, 0) is 38.1 Å². The average molecular weight is 269 g/mol. The van der Waals surface area contributed by atoms with Crippen LogP contribution in [0.5, 0.6) is 0 Å². The molecule has 1 amide bonds. The number of carbonyl (C=O) groups is 1. The predicted octanol–water partition coefficient (Wildman–Crippen LogP) is 3.57. The van der Waals surface area contributed by atoms with E-state index in [-0.39, 0.29) is 5.91 Å². The molecule has 2 aromatic heterocycles. The zero-order valence-corrected chi connectivity index (χ0v) is 11.4. The molecule has 0 aliphatic carbocycles. The lowest BCUT2D eigenvalue weighted by Gasteiger charge is -2.01. The van der Waals surface area contributed by atoms with Gasteiger partial charge in [0.25, 0.3) is 5.91 Å². The van der Waals surface area contributed by atoms with Crippen LogP contribution in [-0.4, -0.2) is 5.91 Å². The number of carbonyl (C=O) groups excluding carboxylic acids is 1. The van der Waals surface area contributed by atoms with Gasteiger partial charge in [-0.15, -0.1) is 0 Å². The van der Waals surface area contributed by atoms with Gasteiger partial charge in [0.05, 0.1) is 12.8 Å². The van der Waals surface area contributed by atoms with Gasteiger partial charge in [-0.25, -0.2) is 0 Å². The fourth-order valence-electron chi connectivity index (χ4n) is 2.21. The van der Waals surface area contributed by atoms with E-state index in [0.717, 1.165) is 22.1 Å². The van der Waals surface area contributed by atoms with Crippen molar-refractivity contribution in [2.45, 2.75) is 20.4 Å². The molecule has 20 heavy (non-hydrogen) atoms. The predicted molar refractivity (Wildman–Crippen MR) is 75.6 cm³/mol. The molecule has 0 spiro atoms. The highest BCUT2D eigenvalue weighted by atomic mass is 16.3. The number of hydrogen-bond acceptors (Lipinski definition) is 3. The van der Waals surface area contributed by atoms with Crippen molar-refractivity contribution in [1.29, 1.82) is 0 Å². The lowest BCUT2D eigenvalue weighted by Crippen LogP contribution is -2.22. The van der Waals surface area contributed by atoms with Crippen LogP contribution in [0.2, 0.25) is 0 Å². The van der Waals surface area contributed by atoms with Gasteiger partial charge in [0.2, 0.25) is 0 Å². The van der Waals surface area contributed by atoms with Crippen molar-refractivity contribution in [2.24, 2.45) is 0 Å². The molecule has 0 saturated carbocycles. The number of hydrogen-bond donors (Lipinski definition) is 1. The van der Waals surface area contributed by atoms with E-state index in [0.29, 0.717) is 18.1 Å². The Morgan fingerprint density at radius 2 is 2.10 bits per heavy atom. The van der Waals surface area contributed by atoms with E-state index in [1.165, 1.54) is 0 Å². The standard InChI is InChI=1S/C16H15NO3/c1-10-5-6-14-13(8-10)11(2)15(20-14)16(18)17-9-12-4-3-7-19-12/h3-8H,9H2,1-2H3,(H,17,18). The molecule has 0 unspecified atom stereocenters. The lowest BCUT2D eigenvalue weighted by molar-refractivity contribution is 0.0921. The second-order valence-corrected chi connectivity index (χ2v) is 4.82. The highest BCUT2D eigenvalue weighted by Gasteiger charge is 2.17. The first kappa shape index (κ1) is 12.5. The van der Waals surface area contributed by atoms with Crippen molar-refractivity contribution < 1.29 is 13.6 Å². The highest BCUT2D eigenvalue weighted by molar-refractivity contribution is 5.98. The highest BCUT2D eigenvalue weighted by Crippen LogP contribution is 2.26. The second-order valence-electron chi connectivity index (χ2n) is 4.82. The van der Waals surface area contributed by atoms with Crippen LogP contribution in [0.25, 0.3) is 11.0 Å². The summed E-state index contributed by atoms with van der Waals surface area (Å²) in [5, 5.41) is 3.77. The molecule has 0 bridgehead atoms. The van der Waals surface area contributed by atoms with Crippen LogP contribution < -0.4 is 5.32 Å². The molecular weight excluding hydrogens is 254 g/mol. The molecule has 1 aromatic carbocycles. The minimum Gasteiger partial charge on any atom is -0.467 e. The van der Waals surface area contributed by atoms with Crippen LogP contribution in [0.15, 0.2) is 45.4 Å². The Bertz CT molecular complexity index is 753. The van der Waals surface area contributed by atoms with Crippen LogP contribution in [0, 0.1) is 13.8 Å². The fourth-order valence-corrected chi connectivity index (χ4v) is 2.21. The molecule has 0 saturated heterocycles. The number of amides is 1. The SMILES string of the molecule is Cc1ccc2oc(C(=O)NCc3ccco3)c(C)c2c1. The van der Waals surface area contributed by atoms with Gasteiger partial charge >= 0.3 is 0 Å². The number of nitrogens with one attached hydrogen (secondary N) is 1. The molecule has 4 heteroatoms. The Kier molecular flexibility index (Phi) is 3.06. The molecule has 0 atom stereocenters. The van der Waals surface area contributed by atoms with Gasteiger partial charge < -0.3 is 14.2 Å². The van der Waals surface area contributed by atoms with Crippen molar-refractivity contribution >= 4 is 16.9 Å². The molecule has 1 N–H and O–H groups in total. The van der Waals surface area contributed by atoms with Gasteiger partial charge in [0.1, 0.15) is 11.3 Å². The van der Waals surface area contributed by atoms with Crippen molar-refractivity contribution in [3.63, 3.8) is 0 Å². The van der Waals surface area contributed by atoms with Crippen molar-refractivity contribution in [2.75, 3.05) is 0 Å². The molecule has 0 aliphatic rings. The van der Waals surface area contributed by atoms with Crippen LogP contribution in [-0.2, 0) is 6.54 Å². The molecule has 102 valence electrons. The third kappa shape index (κ3) is 2.20. The number of fused-ring (bicyclic) bond motifs is 1. The van der Waals surface area contributed by atoms with Gasteiger partial charge in [-0.2, -0.15) is 0 Å². The number of aryl methyl sites for hydroxylation is 2. The van der Waals surface area contributed by atoms with Crippen LogP contribution in [0.4, 0.5) is 0 Å². The summed E-state index contributed by atoms with van der Waals surface area (Å²) in [4.78, 5) is 12.2. The van der Waals surface area contributed by atoms with E-state index in [9.17, 15) is 4.79 Å².